The number of nitrogens with one attached hydrogen (secondary N) is 1. The number of benzene rings is 4. The van der Waals surface area contributed by atoms with Crippen molar-refractivity contribution in [2.75, 3.05) is 0 Å². The highest BCUT2D eigenvalue weighted by molar-refractivity contribution is 7.99. The Morgan fingerprint density at radius 2 is 1.09 bits per heavy atom. The number of amides is 1. The van der Waals surface area contributed by atoms with Gasteiger partial charge in [-0.3, -0.25) is 10.1 Å². The van der Waals surface area contributed by atoms with Crippen molar-refractivity contribution in [1.82, 2.24) is 5.32 Å². The highest BCUT2D eigenvalue weighted by atomic mass is 35.5. The summed E-state index contributed by atoms with van der Waals surface area (Å²) in [7, 11) is -2.45. The number of halogens is 2. The Morgan fingerprint density at radius 1 is 0.697 bits per heavy atom. The molecule has 0 radical (unpaired) electrons. The monoisotopic (exact) mass is 491 g/mol. The Labute approximate surface area is 207 Å². The molecular weight excluding hydrogens is 468 g/mol. The van der Waals surface area contributed by atoms with Gasteiger partial charge in [0.15, 0.2) is 12.7 Å². The normalized spacial score (nSPS) is 11.4. The molecule has 0 aromatic heterocycles. The van der Waals surface area contributed by atoms with Gasteiger partial charge in [0.2, 0.25) is 0 Å². The summed E-state index contributed by atoms with van der Waals surface area (Å²) in [5.41, 5.74) is 3.94. The minimum atomic E-state index is -2.45. The van der Waals surface area contributed by atoms with Gasteiger partial charge in [-0.2, -0.15) is 0 Å². The van der Waals surface area contributed by atoms with Crippen LogP contribution in [0.4, 0.5) is 0 Å². The van der Waals surface area contributed by atoms with Crippen molar-refractivity contribution in [2.45, 2.75) is 6.92 Å². The van der Waals surface area contributed by atoms with Gasteiger partial charge in [0.05, 0.1) is 5.54 Å². The van der Waals surface area contributed by atoms with E-state index in [1.165, 1.54) is 5.54 Å². The third-order valence-electron chi connectivity index (χ3n) is 5.45. The van der Waals surface area contributed by atoms with Gasteiger partial charge >= 0.3 is 0 Å². The second-order valence-corrected chi connectivity index (χ2v) is 11.1. The molecule has 0 aliphatic rings. The van der Waals surface area contributed by atoms with Crippen LogP contribution in [0.3, 0.4) is 0 Å². The average Bonchev–Trinajstić information content (AvgIpc) is 2.86. The van der Waals surface area contributed by atoms with Gasteiger partial charge in [-0.05, 0) is 55.5 Å². The molecule has 0 saturated heterocycles. The smallest absolute Gasteiger partial charge is 0.258 e. The summed E-state index contributed by atoms with van der Waals surface area (Å²) in [6.07, 6.45) is 0. The quantitative estimate of drug-likeness (QED) is 0.413. The Hall–Kier alpha value is -2.90. The molecule has 4 aromatic carbocycles. The zero-order chi connectivity index (χ0) is 22.4. The molecular formula is C28H24Cl2NOP. The first-order valence-electron chi connectivity index (χ1n) is 10.4. The third kappa shape index (κ3) is 5.04. The summed E-state index contributed by atoms with van der Waals surface area (Å²) in [6, 6.07) is 38.5. The second kappa shape index (κ2) is 11.3. The molecule has 0 aliphatic heterocycles. The van der Waals surface area contributed by atoms with Crippen LogP contribution >= 0.6 is 18.9 Å². The van der Waals surface area contributed by atoms with E-state index in [4.69, 9.17) is 11.6 Å². The molecule has 0 saturated carbocycles. The number of rotatable bonds is 6. The second-order valence-electron chi connectivity index (χ2n) is 7.49. The molecule has 5 heteroatoms. The van der Waals surface area contributed by atoms with Crippen LogP contribution in [0.1, 0.15) is 15.9 Å². The first kappa shape index (κ1) is 24.7. The molecule has 0 unspecified atom stereocenters. The summed E-state index contributed by atoms with van der Waals surface area (Å²) in [5, 5.41) is 6.54. The third-order valence-corrected chi connectivity index (χ3v) is 10.0. The number of hydrogen-bond donors (Lipinski definition) is 1. The minimum absolute atomic E-state index is 0. The largest absolute Gasteiger partial charge is 1.00 e. The molecule has 1 amide bonds. The lowest BCUT2D eigenvalue weighted by atomic mass is 10.1. The topological polar surface area (TPSA) is 29.1 Å². The van der Waals surface area contributed by atoms with Gasteiger partial charge in [-0.1, -0.05) is 83.9 Å². The van der Waals surface area contributed by atoms with Crippen molar-refractivity contribution in [2.24, 2.45) is 0 Å². The first-order chi connectivity index (χ1) is 15.7. The highest BCUT2D eigenvalue weighted by Crippen LogP contribution is 2.61. The van der Waals surface area contributed by atoms with Gasteiger partial charge in [0.25, 0.3) is 5.91 Å². The standard InChI is InChI=1S/C28H23ClNOP.ClH/c1-22-17-19-23(20-18-22)28(31)30-27(21-29)32(24-11-5-2-6-12-24,25-13-7-3-8-14-25)26-15-9-4-10-16-26;/h2-21H,1H3;1H/b27-21-;. The SMILES string of the molecule is Cc1ccc(C(=O)N/C(=C/Cl)[P+](c2ccccc2)(c2ccccc2)c2ccccc2)cc1.[Cl-]. The van der Waals surface area contributed by atoms with Gasteiger partial charge in [0.1, 0.15) is 15.9 Å². The molecule has 1 N–H and O–H groups in total. The molecule has 4 rings (SSSR count). The van der Waals surface area contributed by atoms with E-state index in [1.807, 2.05) is 85.8 Å². The maximum absolute atomic E-state index is 13.3. The van der Waals surface area contributed by atoms with Crippen LogP contribution in [0.5, 0.6) is 0 Å². The Morgan fingerprint density at radius 3 is 1.45 bits per heavy atom. The Bertz CT molecular complexity index is 1110. The van der Waals surface area contributed by atoms with Crippen LogP contribution in [0.25, 0.3) is 0 Å². The lowest BCUT2D eigenvalue weighted by molar-refractivity contribution is -0.0000145. The predicted octanol–water partition coefficient (Wildman–Crippen LogP) is 2.76. The van der Waals surface area contributed by atoms with Crippen LogP contribution < -0.4 is 33.6 Å². The van der Waals surface area contributed by atoms with Gasteiger partial charge in [-0.25, -0.2) is 0 Å². The summed E-state index contributed by atoms with van der Waals surface area (Å²) in [6.45, 7) is 2.00. The maximum Gasteiger partial charge on any atom is 0.258 e. The van der Waals surface area contributed by atoms with Crippen molar-refractivity contribution >= 4 is 40.7 Å². The Kier molecular flexibility index (Phi) is 8.47. The van der Waals surface area contributed by atoms with Gasteiger partial charge in [0, 0.05) is 5.56 Å². The number of aryl methyl sites for hydroxylation is 1. The van der Waals surface area contributed by atoms with E-state index in [0.29, 0.717) is 11.0 Å². The fraction of sp³-hybridized carbons (Fsp3) is 0.0357. The van der Waals surface area contributed by atoms with E-state index in [1.54, 1.807) is 0 Å². The van der Waals surface area contributed by atoms with Crippen molar-refractivity contribution in [3.63, 3.8) is 0 Å². The molecule has 4 aromatic rings. The zero-order valence-electron chi connectivity index (χ0n) is 18.2. The fourth-order valence-electron chi connectivity index (χ4n) is 3.90. The number of hydrogen-bond acceptors (Lipinski definition) is 1. The van der Waals surface area contributed by atoms with E-state index in [0.717, 1.165) is 21.5 Å². The number of carbonyl (C=O) groups excluding carboxylic acids is 1. The van der Waals surface area contributed by atoms with Crippen molar-refractivity contribution < 1.29 is 17.2 Å². The fourth-order valence-corrected chi connectivity index (χ4v) is 8.39. The molecule has 0 bridgehead atoms. The molecule has 0 fully saturated rings. The van der Waals surface area contributed by atoms with E-state index in [-0.39, 0.29) is 18.3 Å². The maximum atomic E-state index is 13.3. The van der Waals surface area contributed by atoms with Gasteiger partial charge < -0.3 is 12.4 Å². The summed E-state index contributed by atoms with van der Waals surface area (Å²) >= 11 is 6.51. The number of carbonyl (C=O) groups is 1. The highest BCUT2D eigenvalue weighted by Gasteiger charge is 2.50. The van der Waals surface area contributed by atoms with Crippen LogP contribution in [-0.2, 0) is 0 Å². The van der Waals surface area contributed by atoms with Crippen molar-refractivity contribution in [3.05, 3.63) is 137 Å². The molecule has 0 spiro atoms. The first-order valence-corrected chi connectivity index (χ1v) is 12.6. The van der Waals surface area contributed by atoms with Crippen LogP contribution in [0.15, 0.2) is 126 Å². The zero-order valence-corrected chi connectivity index (χ0v) is 20.6. The van der Waals surface area contributed by atoms with Crippen LogP contribution in [0.2, 0.25) is 0 Å². The average molecular weight is 492 g/mol. The Balaban J connectivity index is 0.00000306. The van der Waals surface area contributed by atoms with E-state index in [9.17, 15) is 4.79 Å². The van der Waals surface area contributed by atoms with E-state index < -0.39 is 7.26 Å². The lowest BCUT2D eigenvalue weighted by Crippen LogP contribution is -3.00. The summed E-state index contributed by atoms with van der Waals surface area (Å²) in [5.74, 6) is -0.177. The summed E-state index contributed by atoms with van der Waals surface area (Å²) in [4.78, 5) is 13.3. The summed E-state index contributed by atoms with van der Waals surface area (Å²) < 4.78 is 0. The molecule has 0 aliphatic carbocycles. The van der Waals surface area contributed by atoms with E-state index >= 15 is 0 Å². The van der Waals surface area contributed by atoms with Gasteiger partial charge in [-0.15, -0.1) is 0 Å². The van der Waals surface area contributed by atoms with Crippen molar-refractivity contribution in [3.8, 4) is 0 Å². The van der Waals surface area contributed by atoms with E-state index in [2.05, 4.69) is 41.7 Å². The molecule has 0 heterocycles. The van der Waals surface area contributed by atoms with Crippen LogP contribution in [0, 0.1) is 6.92 Å². The molecule has 2 nitrogen and oxygen atoms in total. The molecule has 33 heavy (non-hydrogen) atoms. The molecule has 166 valence electrons. The molecule has 0 atom stereocenters. The predicted molar refractivity (Wildman–Crippen MR) is 138 cm³/mol. The minimum Gasteiger partial charge on any atom is -1.00 e. The van der Waals surface area contributed by atoms with Crippen molar-refractivity contribution in [1.29, 1.82) is 0 Å². The van der Waals surface area contributed by atoms with Crippen LogP contribution in [-0.4, -0.2) is 5.91 Å². The lowest BCUT2D eigenvalue weighted by Gasteiger charge is -2.29.